The van der Waals surface area contributed by atoms with Crippen LogP contribution >= 0.6 is 11.6 Å². The summed E-state index contributed by atoms with van der Waals surface area (Å²) < 4.78 is 1.85. The molecule has 0 atom stereocenters. The molecule has 2 aromatic rings. The summed E-state index contributed by atoms with van der Waals surface area (Å²) in [5, 5.41) is 3.33. The van der Waals surface area contributed by atoms with E-state index >= 15 is 0 Å². The van der Waals surface area contributed by atoms with E-state index < -0.39 is 0 Å². The number of halogens is 1. The molecule has 1 saturated heterocycles. The molecule has 1 aliphatic heterocycles. The Morgan fingerprint density at radius 1 is 1.25 bits per heavy atom. The monoisotopic (exact) mass is 346 g/mol. The van der Waals surface area contributed by atoms with E-state index in [1.165, 1.54) is 6.20 Å². The van der Waals surface area contributed by atoms with Gasteiger partial charge in [-0.2, -0.15) is 0 Å². The Morgan fingerprint density at radius 2 is 2.00 bits per heavy atom. The van der Waals surface area contributed by atoms with Crippen molar-refractivity contribution >= 4 is 29.2 Å². The van der Waals surface area contributed by atoms with Crippen molar-refractivity contribution in [2.75, 3.05) is 18.4 Å². The fourth-order valence-corrected chi connectivity index (χ4v) is 2.95. The zero-order valence-electron chi connectivity index (χ0n) is 13.4. The maximum absolute atomic E-state index is 12.4. The summed E-state index contributed by atoms with van der Waals surface area (Å²) in [6.07, 6.45) is 6.47. The molecule has 0 spiro atoms. The molecule has 7 heteroatoms. The zero-order chi connectivity index (χ0) is 17.1. The summed E-state index contributed by atoms with van der Waals surface area (Å²) >= 11 is 5.78. The van der Waals surface area contributed by atoms with Crippen molar-refractivity contribution < 1.29 is 9.59 Å². The Balaban J connectivity index is 1.53. The lowest BCUT2D eigenvalue weighted by molar-refractivity contribution is -0.121. The molecule has 0 radical (unpaired) electrons. The molecule has 2 amide bonds. The van der Waals surface area contributed by atoms with Crippen molar-refractivity contribution in [1.29, 1.82) is 0 Å². The van der Waals surface area contributed by atoms with Gasteiger partial charge in [0.05, 0.1) is 10.6 Å². The molecule has 2 aromatic heterocycles. The molecule has 24 heavy (non-hydrogen) atoms. The Labute approximate surface area is 145 Å². The molecule has 1 fully saturated rings. The van der Waals surface area contributed by atoms with Gasteiger partial charge in [0.2, 0.25) is 5.91 Å². The van der Waals surface area contributed by atoms with E-state index in [2.05, 4.69) is 10.3 Å². The molecule has 1 aliphatic rings. The van der Waals surface area contributed by atoms with Crippen LogP contribution in [-0.4, -0.2) is 39.4 Å². The maximum Gasteiger partial charge on any atom is 0.255 e. The van der Waals surface area contributed by atoms with E-state index in [1.807, 2.05) is 30.1 Å². The smallest absolute Gasteiger partial charge is 0.255 e. The second-order valence-corrected chi connectivity index (χ2v) is 6.42. The van der Waals surface area contributed by atoms with Crippen LogP contribution in [0.5, 0.6) is 0 Å². The number of piperidine rings is 1. The standard InChI is InChI=1S/C17H19ClN4O2/c1-21-7-4-13(11-21)17(24)22-8-5-12(6-9-22)16(23)20-15-3-2-14(18)10-19-15/h2-4,7,10-12H,5-6,8-9H2,1H3,(H,19,20,23). The van der Waals surface area contributed by atoms with Gasteiger partial charge in [0.15, 0.2) is 0 Å². The molecule has 0 aromatic carbocycles. The van der Waals surface area contributed by atoms with Gasteiger partial charge in [-0.1, -0.05) is 11.6 Å². The largest absolute Gasteiger partial charge is 0.356 e. The first-order chi connectivity index (χ1) is 11.5. The summed E-state index contributed by atoms with van der Waals surface area (Å²) in [5.74, 6) is 0.347. The van der Waals surface area contributed by atoms with Crippen LogP contribution in [-0.2, 0) is 11.8 Å². The minimum Gasteiger partial charge on any atom is -0.356 e. The summed E-state index contributed by atoms with van der Waals surface area (Å²) in [6.45, 7) is 1.17. The molecule has 3 heterocycles. The molecule has 0 unspecified atom stereocenters. The lowest BCUT2D eigenvalue weighted by Gasteiger charge is -2.31. The first-order valence-electron chi connectivity index (χ1n) is 7.86. The number of nitrogens with one attached hydrogen (secondary N) is 1. The van der Waals surface area contributed by atoms with Crippen molar-refractivity contribution in [3.63, 3.8) is 0 Å². The second kappa shape index (κ2) is 7.05. The molecule has 126 valence electrons. The maximum atomic E-state index is 12.4. The Hall–Kier alpha value is -2.34. The van der Waals surface area contributed by atoms with Crippen LogP contribution in [0.4, 0.5) is 5.82 Å². The molecule has 0 aliphatic carbocycles. The number of amides is 2. The summed E-state index contributed by atoms with van der Waals surface area (Å²) in [6, 6.07) is 5.17. The predicted octanol–water partition coefficient (Wildman–Crippen LogP) is 2.56. The van der Waals surface area contributed by atoms with Gasteiger partial charge in [-0.05, 0) is 31.0 Å². The lowest BCUT2D eigenvalue weighted by Crippen LogP contribution is -2.41. The lowest BCUT2D eigenvalue weighted by atomic mass is 9.95. The highest BCUT2D eigenvalue weighted by atomic mass is 35.5. The fourth-order valence-electron chi connectivity index (χ4n) is 2.84. The third-order valence-corrected chi connectivity index (χ3v) is 4.43. The Kier molecular flexibility index (Phi) is 4.85. The normalized spacial score (nSPS) is 15.3. The molecule has 0 saturated carbocycles. The van der Waals surface area contributed by atoms with Crippen LogP contribution in [0.1, 0.15) is 23.2 Å². The fraction of sp³-hybridized carbons (Fsp3) is 0.353. The van der Waals surface area contributed by atoms with E-state index in [-0.39, 0.29) is 17.7 Å². The number of aromatic nitrogens is 2. The Morgan fingerprint density at radius 3 is 2.58 bits per heavy atom. The third-order valence-electron chi connectivity index (χ3n) is 4.21. The molecule has 6 nitrogen and oxygen atoms in total. The van der Waals surface area contributed by atoms with Crippen molar-refractivity contribution in [3.05, 3.63) is 47.4 Å². The van der Waals surface area contributed by atoms with Crippen LogP contribution in [0.3, 0.4) is 0 Å². The van der Waals surface area contributed by atoms with Crippen molar-refractivity contribution in [2.45, 2.75) is 12.8 Å². The van der Waals surface area contributed by atoms with E-state index in [4.69, 9.17) is 11.6 Å². The van der Waals surface area contributed by atoms with Gasteiger partial charge in [-0.25, -0.2) is 4.98 Å². The third kappa shape index (κ3) is 3.76. The number of carbonyl (C=O) groups is 2. The topological polar surface area (TPSA) is 67.2 Å². The van der Waals surface area contributed by atoms with E-state index in [0.29, 0.717) is 42.3 Å². The van der Waals surface area contributed by atoms with Crippen LogP contribution < -0.4 is 5.32 Å². The number of pyridine rings is 1. The van der Waals surface area contributed by atoms with Crippen LogP contribution in [0.15, 0.2) is 36.8 Å². The quantitative estimate of drug-likeness (QED) is 0.928. The number of hydrogen-bond donors (Lipinski definition) is 1. The number of hydrogen-bond acceptors (Lipinski definition) is 3. The minimum atomic E-state index is -0.109. The van der Waals surface area contributed by atoms with Gasteiger partial charge >= 0.3 is 0 Å². The van der Waals surface area contributed by atoms with Gasteiger partial charge in [0.1, 0.15) is 5.82 Å². The van der Waals surface area contributed by atoms with Crippen LogP contribution in [0, 0.1) is 5.92 Å². The Bertz CT molecular complexity index is 733. The number of carbonyl (C=O) groups excluding carboxylic acids is 2. The van der Waals surface area contributed by atoms with E-state index in [1.54, 1.807) is 17.0 Å². The molecular formula is C17H19ClN4O2. The van der Waals surface area contributed by atoms with Gasteiger partial charge in [0, 0.05) is 44.6 Å². The highest BCUT2D eigenvalue weighted by Gasteiger charge is 2.28. The van der Waals surface area contributed by atoms with Crippen molar-refractivity contribution in [2.24, 2.45) is 13.0 Å². The number of nitrogens with zero attached hydrogens (tertiary/aromatic N) is 3. The average molecular weight is 347 g/mol. The van der Waals surface area contributed by atoms with Gasteiger partial charge in [-0.3, -0.25) is 9.59 Å². The van der Waals surface area contributed by atoms with Crippen LogP contribution in [0.25, 0.3) is 0 Å². The van der Waals surface area contributed by atoms with Crippen molar-refractivity contribution in [1.82, 2.24) is 14.5 Å². The van der Waals surface area contributed by atoms with Gasteiger partial charge in [-0.15, -0.1) is 0 Å². The van der Waals surface area contributed by atoms with Crippen LogP contribution in [0.2, 0.25) is 5.02 Å². The molecule has 3 rings (SSSR count). The summed E-state index contributed by atoms with van der Waals surface area (Å²) in [4.78, 5) is 30.6. The molecule has 0 bridgehead atoms. The number of anilines is 1. The first-order valence-corrected chi connectivity index (χ1v) is 8.24. The molecule has 1 N–H and O–H groups in total. The highest BCUT2D eigenvalue weighted by molar-refractivity contribution is 6.30. The van der Waals surface area contributed by atoms with E-state index in [0.717, 1.165) is 0 Å². The van der Waals surface area contributed by atoms with E-state index in [9.17, 15) is 9.59 Å². The summed E-state index contributed by atoms with van der Waals surface area (Å²) in [7, 11) is 1.89. The number of rotatable bonds is 3. The number of likely N-dealkylation sites (tertiary alicyclic amines) is 1. The molecular weight excluding hydrogens is 328 g/mol. The summed E-state index contributed by atoms with van der Waals surface area (Å²) in [5.41, 5.74) is 0.686. The average Bonchev–Trinajstić information content (AvgIpc) is 3.03. The minimum absolute atomic E-state index is 0.0221. The first kappa shape index (κ1) is 16.5. The van der Waals surface area contributed by atoms with Crippen molar-refractivity contribution in [3.8, 4) is 0 Å². The highest BCUT2D eigenvalue weighted by Crippen LogP contribution is 2.21. The SMILES string of the molecule is Cn1ccc(C(=O)N2CCC(C(=O)Nc3ccc(Cl)cn3)CC2)c1. The number of aryl methyl sites for hydroxylation is 1. The zero-order valence-corrected chi connectivity index (χ0v) is 14.2. The van der Waals surface area contributed by atoms with Gasteiger partial charge in [0.25, 0.3) is 5.91 Å². The predicted molar refractivity (Wildman–Crippen MR) is 91.9 cm³/mol. The second-order valence-electron chi connectivity index (χ2n) is 5.98. The van der Waals surface area contributed by atoms with Gasteiger partial charge < -0.3 is 14.8 Å².